The second kappa shape index (κ2) is 4.56. The zero-order chi connectivity index (χ0) is 14.3. The Labute approximate surface area is 112 Å². The van der Waals surface area contributed by atoms with Crippen molar-refractivity contribution in [2.45, 2.75) is 6.04 Å². The lowest BCUT2D eigenvalue weighted by Crippen LogP contribution is -2.20. The van der Waals surface area contributed by atoms with Gasteiger partial charge >= 0.3 is 0 Å². The van der Waals surface area contributed by atoms with Crippen molar-refractivity contribution in [3.8, 4) is 0 Å². The van der Waals surface area contributed by atoms with E-state index in [-0.39, 0.29) is 5.69 Å². The summed E-state index contributed by atoms with van der Waals surface area (Å²) in [5, 5.41) is 5.11. The molecular weight excluding hydrogens is 269 g/mol. The van der Waals surface area contributed by atoms with Crippen molar-refractivity contribution in [3.05, 3.63) is 59.4 Å². The molecule has 1 aliphatic heterocycles. The summed E-state index contributed by atoms with van der Waals surface area (Å²) >= 11 is 0. The molecule has 1 heterocycles. The molecule has 0 radical (unpaired) electrons. The van der Waals surface area contributed by atoms with Crippen molar-refractivity contribution in [2.24, 2.45) is 0 Å². The monoisotopic (exact) mass is 278 g/mol. The van der Waals surface area contributed by atoms with Crippen LogP contribution in [-0.2, 0) is 4.79 Å². The lowest BCUT2D eigenvalue weighted by molar-refractivity contribution is -0.116. The van der Waals surface area contributed by atoms with Crippen molar-refractivity contribution >= 4 is 17.3 Å². The van der Waals surface area contributed by atoms with Gasteiger partial charge in [0.2, 0.25) is 0 Å². The summed E-state index contributed by atoms with van der Waals surface area (Å²) in [5.74, 6) is -2.22. The third-order valence-corrected chi connectivity index (χ3v) is 3.07. The number of fused-ring (bicyclic) bond motifs is 1. The summed E-state index contributed by atoms with van der Waals surface area (Å²) < 4.78 is 39.8. The van der Waals surface area contributed by atoms with Crippen molar-refractivity contribution in [1.29, 1.82) is 0 Å². The van der Waals surface area contributed by atoms with E-state index in [4.69, 9.17) is 0 Å². The van der Waals surface area contributed by atoms with Crippen molar-refractivity contribution in [3.63, 3.8) is 0 Å². The summed E-state index contributed by atoms with van der Waals surface area (Å²) in [6.07, 6.45) is 0. The molecule has 6 heteroatoms. The zero-order valence-electron chi connectivity index (χ0n) is 10.1. The van der Waals surface area contributed by atoms with Crippen LogP contribution in [0.1, 0.15) is 11.6 Å². The van der Waals surface area contributed by atoms with E-state index in [1.54, 1.807) is 0 Å². The molecular formula is C14H9F3N2O. The van der Waals surface area contributed by atoms with Crippen LogP contribution in [0.5, 0.6) is 0 Å². The quantitative estimate of drug-likeness (QED) is 0.885. The molecule has 2 aromatic rings. The van der Waals surface area contributed by atoms with E-state index < -0.39 is 29.4 Å². The second-order valence-corrected chi connectivity index (χ2v) is 4.42. The predicted molar refractivity (Wildman–Crippen MR) is 67.8 cm³/mol. The van der Waals surface area contributed by atoms with Crippen LogP contribution < -0.4 is 10.6 Å². The highest BCUT2D eigenvalue weighted by molar-refractivity contribution is 6.04. The van der Waals surface area contributed by atoms with Gasteiger partial charge in [-0.15, -0.1) is 0 Å². The standard InChI is InChI=1S/C14H9F3N2O/c15-7-1-3-9-11(5-7)19-14(20)13(9)18-12-6-8(16)2-4-10(12)17/h1-6,13,18H,(H,19,20). The molecule has 0 bridgehead atoms. The number of hydrogen-bond donors (Lipinski definition) is 2. The Kier molecular flexibility index (Phi) is 2.85. The molecule has 0 saturated carbocycles. The molecule has 1 amide bonds. The van der Waals surface area contributed by atoms with E-state index in [1.807, 2.05) is 0 Å². The van der Waals surface area contributed by atoms with Gasteiger partial charge in [-0.1, -0.05) is 6.07 Å². The van der Waals surface area contributed by atoms with Crippen LogP contribution in [0.25, 0.3) is 0 Å². The average Bonchev–Trinajstić information content (AvgIpc) is 2.69. The Balaban J connectivity index is 1.96. The first-order valence-corrected chi connectivity index (χ1v) is 5.86. The van der Waals surface area contributed by atoms with E-state index in [0.29, 0.717) is 11.3 Å². The Morgan fingerprint density at radius 1 is 1.00 bits per heavy atom. The Morgan fingerprint density at radius 3 is 2.50 bits per heavy atom. The fourth-order valence-electron chi connectivity index (χ4n) is 2.14. The molecule has 0 saturated heterocycles. The average molecular weight is 278 g/mol. The maximum atomic E-state index is 13.6. The fraction of sp³-hybridized carbons (Fsp3) is 0.0714. The number of halogens is 3. The van der Waals surface area contributed by atoms with Crippen LogP contribution in [-0.4, -0.2) is 5.91 Å². The molecule has 102 valence electrons. The minimum absolute atomic E-state index is 0.123. The number of amides is 1. The number of carbonyl (C=O) groups is 1. The molecule has 1 aliphatic rings. The molecule has 1 unspecified atom stereocenters. The fourth-order valence-corrected chi connectivity index (χ4v) is 2.14. The minimum atomic E-state index is -0.887. The Bertz CT molecular complexity index is 703. The molecule has 3 rings (SSSR count). The lowest BCUT2D eigenvalue weighted by Gasteiger charge is -2.13. The van der Waals surface area contributed by atoms with Gasteiger partial charge in [0.15, 0.2) is 0 Å². The van der Waals surface area contributed by atoms with Gasteiger partial charge in [-0.2, -0.15) is 0 Å². The van der Waals surface area contributed by atoms with E-state index in [1.165, 1.54) is 18.2 Å². The van der Waals surface area contributed by atoms with Gasteiger partial charge in [0.1, 0.15) is 23.5 Å². The van der Waals surface area contributed by atoms with Gasteiger partial charge in [0.05, 0.1) is 5.69 Å². The highest BCUT2D eigenvalue weighted by Gasteiger charge is 2.31. The highest BCUT2D eigenvalue weighted by Crippen LogP contribution is 2.34. The van der Waals surface area contributed by atoms with Crippen molar-refractivity contribution in [2.75, 3.05) is 10.6 Å². The zero-order valence-corrected chi connectivity index (χ0v) is 10.1. The van der Waals surface area contributed by atoms with Crippen LogP contribution in [0.15, 0.2) is 36.4 Å². The molecule has 2 aromatic carbocycles. The lowest BCUT2D eigenvalue weighted by atomic mass is 10.1. The van der Waals surface area contributed by atoms with Gasteiger partial charge in [-0.25, -0.2) is 13.2 Å². The third-order valence-electron chi connectivity index (χ3n) is 3.07. The molecule has 0 fully saturated rings. The maximum absolute atomic E-state index is 13.6. The van der Waals surface area contributed by atoms with Crippen molar-refractivity contribution in [1.82, 2.24) is 0 Å². The van der Waals surface area contributed by atoms with E-state index in [2.05, 4.69) is 10.6 Å². The van der Waals surface area contributed by atoms with Crippen LogP contribution in [0.3, 0.4) is 0 Å². The number of benzene rings is 2. The van der Waals surface area contributed by atoms with E-state index in [0.717, 1.165) is 18.2 Å². The molecule has 0 aromatic heterocycles. The van der Waals surface area contributed by atoms with Crippen LogP contribution >= 0.6 is 0 Å². The van der Waals surface area contributed by atoms with Gasteiger partial charge < -0.3 is 10.6 Å². The normalized spacial score (nSPS) is 16.8. The first-order valence-electron chi connectivity index (χ1n) is 5.86. The number of nitrogens with one attached hydrogen (secondary N) is 2. The molecule has 3 nitrogen and oxygen atoms in total. The SMILES string of the molecule is O=C1Nc2cc(F)ccc2C1Nc1cc(F)ccc1F. The summed E-state index contributed by atoms with van der Waals surface area (Å²) in [6.45, 7) is 0. The Morgan fingerprint density at radius 2 is 1.70 bits per heavy atom. The number of rotatable bonds is 2. The summed E-state index contributed by atoms with van der Waals surface area (Å²) in [5.41, 5.74) is 0.687. The minimum Gasteiger partial charge on any atom is -0.368 e. The smallest absolute Gasteiger partial charge is 0.251 e. The molecule has 0 aliphatic carbocycles. The summed E-state index contributed by atoms with van der Waals surface area (Å²) in [4.78, 5) is 11.8. The first kappa shape index (κ1) is 12.5. The van der Waals surface area contributed by atoms with Crippen LogP contribution in [0.4, 0.5) is 24.5 Å². The number of hydrogen-bond acceptors (Lipinski definition) is 2. The van der Waals surface area contributed by atoms with E-state index in [9.17, 15) is 18.0 Å². The molecule has 2 N–H and O–H groups in total. The number of anilines is 2. The van der Waals surface area contributed by atoms with Crippen molar-refractivity contribution < 1.29 is 18.0 Å². The molecule has 0 spiro atoms. The largest absolute Gasteiger partial charge is 0.368 e. The Hall–Kier alpha value is -2.50. The number of carbonyl (C=O) groups excluding carboxylic acids is 1. The van der Waals surface area contributed by atoms with Gasteiger partial charge in [-0.3, -0.25) is 4.79 Å². The maximum Gasteiger partial charge on any atom is 0.251 e. The third kappa shape index (κ3) is 2.09. The topological polar surface area (TPSA) is 41.1 Å². The van der Waals surface area contributed by atoms with Gasteiger partial charge in [-0.05, 0) is 30.3 Å². The highest BCUT2D eigenvalue weighted by atomic mass is 19.1. The second-order valence-electron chi connectivity index (χ2n) is 4.42. The first-order chi connectivity index (χ1) is 9.54. The van der Waals surface area contributed by atoms with Crippen LogP contribution in [0.2, 0.25) is 0 Å². The molecule has 1 atom stereocenters. The summed E-state index contributed by atoms with van der Waals surface area (Å²) in [7, 11) is 0. The van der Waals surface area contributed by atoms with Gasteiger partial charge in [0, 0.05) is 11.3 Å². The van der Waals surface area contributed by atoms with Gasteiger partial charge in [0.25, 0.3) is 5.91 Å². The predicted octanol–water partition coefficient (Wildman–Crippen LogP) is 3.21. The van der Waals surface area contributed by atoms with E-state index >= 15 is 0 Å². The van der Waals surface area contributed by atoms with Crippen LogP contribution in [0, 0.1) is 17.5 Å². The molecule has 20 heavy (non-hydrogen) atoms. The summed E-state index contributed by atoms with van der Waals surface area (Å²) in [6, 6.07) is 5.84.